The number of halogens is 1. The van der Waals surface area contributed by atoms with Crippen molar-refractivity contribution in [2.24, 2.45) is 0 Å². The number of ether oxygens (including phenoxy) is 1. The highest BCUT2D eigenvalue weighted by atomic mass is 32.1. The van der Waals surface area contributed by atoms with Crippen molar-refractivity contribution < 1.29 is 18.7 Å². The number of amides is 2. The van der Waals surface area contributed by atoms with Gasteiger partial charge in [0.1, 0.15) is 11.6 Å². The lowest BCUT2D eigenvalue weighted by molar-refractivity contribution is -0.121. The van der Waals surface area contributed by atoms with E-state index in [0.29, 0.717) is 11.4 Å². The van der Waals surface area contributed by atoms with Gasteiger partial charge in [-0.2, -0.15) is 0 Å². The monoisotopic (exact) mass is 441 g/mol. The normalized spacial score (nSPS) is 11.6. The third-order valence-electron chi connectivity index (χ3n) is 4.70. The summed E-state index contributed by atoms with van der Waals surface area (Å²) in [5.41, 5.74) is 2.10. The van der Waals surface area contributed by atoms with E-state index in [0.717, 1.165) is 16.3 Å². The van der Waals surface area contributed by atoms with Gasteiger partial charge in [0.25, 0.3) is 0 Å². The average Bonchev–Trinajstić information content (AvgIpc) is 3.17. The van der Waals surface area contributed by atoms with Crippen molar-refractivity contribution in [2.45, 2.75) is 32.9 Å². The van der Waals surface area contributed by atoms with E-state index in [2.05, 4.69) is 10.3 Å². The number of nitrogens with zero attached hydrogens (tertiary/aromatic N) is 2. The van der Waals surface area contributed by atoms with Gasteiger partial charge in [-0.25, -0.2) is 9.37 Å². The summed E-state index contributed by atoms with van der Waals surface area (Å²) in [6.07, 6.45) is 0.0341. The number of anilines is 1. The highest BCUT2D eigenvalue weighted by Crippen LogP contribution is 2.25. The Labute approximate surface area is 184 Å². The van der Waals surface area contributed by atoms with Gasteiger partial charge in [0, 0.05) is 18.0 Å². The molecule has 31 heavy (non-hydrogen) atoms. The number of carbonyl (C=O) groups excluding carboxylic acids is 2. The summed E-state index contributed by atoms with van der Waals surface area (Å²) in [6, 6.07) is 12.4. The van der Waals surface area contributed by atoms with Crippen LogP contribution in [-0.2, 0) is 16.1 Å². The Morgan fingerprint density at radius 1 is 1.16 bits per heavy atom. The number of rotatable bonds is 8. The molecule has 1 aromatic heterocycles. The first kappa shape index (κ1) is 22.4. The molecule has 0 aliphatic heterocycles. The third-order valence-corrected chi connectivity index (χ3v) is 5.52. The van der Waals surface area contributed by atoms with E-state index < -0.39 is 6.04 Å². The van der Waals surface area contributed by atoms with Gasteiger partial charge in [0.2, 0.25) is 11.8 Å². The van der Waals surface area contributed by atoms with Crippen molar-refractivity contribution in [3.05, 3.63) is 76.0 Å². The summed E-state index contributed by atoms with van der Waals surface area (Å²) in [6.45, 7) is 3.57. The number of benzene rings is 2. The number of hydrogen-bond donors (Lipinski definition) is 1. The molecule has 0 aliphatic rings. The number of methoxy groups -OCH3 is 1. The Hall–Kier alpha value is -3.26. The standard InChI is InChI=1S/C23H24FN3O3S/c1-15(28)25-22(17-4-10-21(30-3)11-5-17)12-23(29)27(13-19-14-31-16(2)26-19)20-8-6-18(24)7-9-20/h4-11,14,22H,12-13H2,1-3H3,(H,25,28). The first-order chi connectivity index (χ1) is 14.9. The molecule has 0 bridgehead atoms. The molecule has 3 aromatic rings. The lowest BCUT2D eigenvalue weighted by Crippen LogP contribution is -2.35. The number of aryl methyl sites for hydroxylation is 1. The number of carbonyl (C=O) groups is 2. The quantitative estimate of drug-likeness (QED) is 0.562. The fourth-order valence-corrected chi connectivity index (χ4v) is 3.81. The van der Waals surface area contributed by atoms with Gasteiger partial charge in [-0.05, 0) is 48.9 Å². The fraction of sp³-hybridized carbons (Fsp3) is 0.261. The maximum Gasteiger partial charge on any atom is 0.229 e. The van der Waals surface area contributed by atoms with Crippen molar-refractivity contribution in [2.75, 3.05) is 12.0 Å². The Morgan fingerprint density at radius 3 is 2.39 bits per heavy atom. The van der Waals surface area contributed by atoms with Gasteiger partial charge in [0.05, 0.1) is 36.8 Å². The minimum atomic E-state index is -0.518. The third kappa shape index (κ3) is 6.11. The first-order valence-corrected chi connectivity index (χ1v) is 10.6. The molecule has 0 aliphatic carbocycles. The molecule has 0 fully saturated rings. The molecule has 8 heteroatoms. The van der Waals surface area contributed by atoms with Gasteiger partial charge in [-0.3, -0.25) is 9.59 Å². The Bertz CT molecular complexity index is 1030. The second-order valence-corrected chi connectivity index (χ2v) is 8.11. The summed E-state index contributed by atoms with van der Waals surface area (Å²) in [5, 5.41) is 5.64. The van der Waals surface area contributed by atoms with Crippen LogP contribution in [0, 0.1) is 12.7 Å². The van der Waals surface area contributed by atoms with Crippen LogP contribution in [0.15, 0.2) is 53.9 Å². The zero-order chi connectivity index (χ0) is 22.4. The van der Waals surface area contributed by atoms with Crippen molar-refractivity contribution in [1.82, 2.24) is 10.3 Å². The van der Waals surface area contributed by atoms with E-state index in [1.54, 1.807) is 36.3 Å². The van der Waals surface area contributed by atoms with E-state index in [1.165, 1.54) is 30.4 Å². The van der Waals surface area contributed by atoms with Gasteiger partial charge in [-0.1, -0.05) is 12.1 Å². The van der Waals surface area contributed by atoms with E-state index in [4.69, 9.17) is 4.74 Å². The SMILES string of the molecule is COc1ccc(C(CC(=O)N(Cc2csc(C)n2)c2ccc(F)cc2)NC(C)=O)cc1. The van der Waals surface area contributed by atoms with Crippen LogP contribution in [0.25, 0.3) is 0 Å². The molecule has 162 valence electrons. The molecular weight excluding hydrogens is 417 g/mol. The Balaban J connectivity index is 1.87. The molecule has 0 saturated carbocycles. The minimum absolute atomic E-state index is 0.0341. The van der Waals surface area contributed by atoms with Crippen molar-refractivity contribution in [3.63, 3.8) is 0 Å². The van der Waals surface area contributed by atoms with Crippen LogP contribution in [0.1, 0.15) is 35.7 Å². The highest BCUT2D eigenvalue weighted by molar-refractivity contribution is 7.09. The van der Waals surface area contributed by atoms with Gasteiger partial charge in [0.15, 0.2) is 0 Å². The average molecular weight is 442 g/mol. The smallest absolute Gasteiger partial charge is 0.229 e. The van der Waals surface area contributed by atoms with Crippen LogP contribution >= 0.6 is 11.3 Å². The highest BCUT2D eigenvalue weighted by Gasteiger charge is 2.23. The van der Waals surface area contributed by atoms with Gasteiger partial charge in [-0.15, -0.1) is 11.3 Å². The summed E-state index contributed by atoms with van der Waals surface area (Å²) in [4.78, 5) is 31.2. The van der Waals surface area contributed by atoms with Crippen molar-refractivity contribution >= 4 is 28.8 Å². The van der Waals surface area contributed by atoms with Gasteiger partial charge >= 0.3 is 0 Å². The van der Waals surface area contributed by atoms with Crippen molar-refractivity contribution in [1.29, 1.82) is 0 Å². The Morgan fingerprint density at radius 2 is 1.84 bits per heavy atom. The molecule has 0 spiro atoms. The number of nitrogens with one attached hydrogen (secondary N) is 1. The van der Waals surface area contributed by atoms with Crippen LogP contribution in [0.5, 0.6) is 5.75 Å². The summed E-state index contributed by atoms with van der Waals surface area (Å²) >= 11 is 1.50. The molecule has 2 amide bonds. The number of hydrogen-bond acceptors (Lipinski definition) is 5. The molecule has 6 nitrogen and oxygen atoms in total. The van der Waals surface area contributed by atoms with E-state index in [-0.39, 0.29) is 30.6 Å². The Kier molecular flexibility index (Phi) is 7.36. The zero-order valence-electron chi connectivity index (χ0n) is 17.6. The van der Waals surface area contributed by atoms with Crippen LogP contribution in [0.2, 0.25) is 0 Å². The molecule has 1 unspecified atom stereocenters. The van der Waals surface area contributed by atoms with Crippen LogP contribution in [-0.4, -0.2) is 23.9 Å². The molecule has 0 saturated heterocycles. The minimum Gasteiger partial charge on any atom is -0.497 e. The molecule has 0 radical (unpaired) electrons. The topological polar surface area (TPSA) is 71.5 Å². The lowest BCUT2D eigenvalue weighted by Gasteiger charge is -2.25. The van der Waals surface area contributed by atoms with Crippen LogP contribution in [0.3, 0.4) is 0 Å². The molecule has 2 aromatic carbocycles. The molecule has 3 rings (SSSR count). The van der Waals surface area contributed by atoms with Crippen LogP contribution < -0.4 is 15.0 Å². The number of aromatic nitrogens is 1. The molecular formula is C23H24FN3O3S. The lowest BCUT2D eigenvalue weighted by atomic mass is 10.0. The first-order valence-electron chi connectivity index (χ1n) is 9.73. The van der Waals surface area contributed by atoms with Gasteiger partial charge < -0.3 is 15.0 Å². The second-order valence-electron chi connectivity index (χ2n) is 7.04. The molecule has 1 atom stereocenters. The predicted molar refractivity (Wildman–Crippen MR) is 119 cm³/mol. The van der Waals surface area contributed by atoms with E-state index in [1.807, 2.05) is 24.4 Å². The van der Waals surface area contributed by atoms with E-state index in [9.17, 15) is 14.0 Å². The summed E-state index contributed by atoms with van der Waals surface area (Å²) in [5.74, 6) is -0.151. The molecule has 1 heterocycles. The maximum absolute atomic E-state index is 13.4. The number of thiazole rings is 1. The predicted octanol–water partition coefficient (Wildman–Crippen LogP) is 4.40. The summed E-state index contributed by atoms with van der Waals surface area (Å²) in [7, 11) is 1.57. The van der Waals surface area contributed by atoms with Crippen LogP contribution in [0.4, 0.5) is 10.1 Å². The zero-order valence-corrected chi connectivity index (χ0v) is 18.4. The van der Waals surface area contributed by atoms with Crippen molar-refractivity contribution in [3.8, 4) is 5.75 Å². The maximum atomic E-state index is 13.4. The molecule has 1 N–H and O–H groups in total. The fourth-order valence-electron chi connectivity index (χ4n) is 3.21. The van der Waals surface area contributed by atoms with E-state index >= 15 is 0 Å². The second kappa shape index (κ2) is 10.2. The summed E-state index contributed by atoms with van der Waals surface area (Å²) < 4.78 is 18.6. The largest absolute Gasteiger partial charge is 0.497 e.